The predicted molar refractivity (Wildman–Crippen MR) is 66.2 cm³/mol. The van der Waals surface area contributed by atoms with Crippen LogP contribution in [0.4, 0.5) is 8.78 Å². The third-order valence-corrected chi connectivity index (χ3v) is 3.12. The maximum absolute atomic E-state index is 14.1. The fourth-order valence-electron chi connectivity index (χ4n) is 2.09. The number of benzene rings is 1. The van der Waals surface area contributed by atoms with Crippen molar-refractivity contribution in [2.24, 2.45) is 0 Å². The van der Waals surface area contributed by atoms with Crippen LogP contribution in [0, 0.1) is 0 Å². The molecule has 0 bridgehead atoms. The molecule has 5 heteroatoms. The number of rotatable bonds is 4. The number of hydrogen-bond donors (Lipinski definition) is 1. The van der Waals surface area contributed by atoms with E-state index in [0.717, 1.165) is 13.1 Å². The summed E-state index contributed by atoms with van der Waals surface area (Å²) >= 11 is 0. The average Bonchev–Trinajstić information content (AvgIpc) is 2.39. The third kappa shape index (κ3) is 3.17. The second-order valence-corrected chi connectivity index (χ2v) is 4.46. The molecule has 0 radical (unpaired) electrons. The Kier molecular flexibility index (Phi) is 4.14. The Morgan fingerprint density at radius 3 is 2.72 bits per heavy atom. The smallest absolute Gasteiger partial charge is 0.285 e. The highest BCUT2D eigenvalue weighted by atomic mass is 19.3. The van der Waals surface area contributed by atoms with E-state index < -0.39 is 5.92 Å². The maximum Gasteiger partial charge on any atom is 0.285 e. The van der Waals surface area contributed by atoms with Crippen molar-refractivity contribution in [2.75, 3.05) is 39.8 Å². The van der Waals surface area contributed by atoms with Crippen molar-refractivity contribution in [3.05, 3.63) is 29.8 Å². The van der Waals surface area contributed by atoms with Crippen LogP contribution in [0.1, 0.15) is 5.56 Å². The second kappa shape index (κ2) is 5.63. The summed E-state index contributed by atoms with van der Waals surface area (Å²) in [6.07, 6.45) is 0. The van der Waals surface area contributed by atoms with Crippen LogP contribution in [0.3, 0.4) is 0 Å². The van der Waals surface area contributed by atoms with E-state index in [0.29, 0.717) is 18.8 Å². The fourth-order valence-corrected chi connectivity index (χ4v) is 2.09. The van der Waals surface area contributed by atoms with Crippen LogP contribution in [0.5, 0.6) is 5.75 Å². The summed E-state index contributed by atoms with van der Waals surface area (Å²) in [5.74, 6) is -2.38. The molecule has 0 aromatic heterocycles. The molecule has 1 aromatic rings. The summed E-state index contributed by atoms with van der Waals surface area (Å²) in [4.78, 5) is 1.79. The van der Waals surface area contributed by atoms with Gasteiger partial charge in [-0.05, 0) is 12.1 Å². The van der Waals surface area contributed by atoms with Gasteiger partial charge in [-0.2, -0.15) is 8.78 Å². The number of nitrogens with zero attached hydrogens (tertiary/aromatic N) is 1. The van der Waals surface area contributed by atoms with Gasteiger partial charge < -0.3 is 10.1 Å². The monoisotopic (exact) mass is 256 g/mol. The van der Waals surface area contributed by atoms with Gasteiger partial charge in [0.25, 0.3) is 5.92 Å². The van der Waals surface area contributed by atoms with E-state index >= 15 is 0 Å². The van der Waals surface area contributed by atoms with Crippen LogP contribution in [-0.4, -0.2) is 44.7 Å². The Hall–Kier alpha value is -1.20. The van der Waals surface area contributed by atoms with Crippen molar-refractivity contribution >= 4 is 0 Å². The molecule has 0 unspecified atom stereocenters. The van der Waals surface area contributed by atoms with Crippen molar-refractivity contribution in [3.8, 4) is 5.75 Å². The lowest BCUT2D eigenvalue weighted by Gasteiger charge is -2.30. The molecule has 3 nitrogen and oxygen atoms in total. The lowest BCUT2D eigenvalue weighted by atomic mass is 10.1. The number of hydrogen-bond acceptors (Lipinski definition) is 3. The lowest BCUT2D eigenvalue weighted by molar-refractivity contribution is -0.0402. The molecule has 1 aromatic carbocycles. The SMILES string of the molecule is COc1cccc(C(F)(F)CN2CCNCC2)c1. The molecular formula is C13H18F2N2O. The van der Waals surface area contributed by atoms with Crippen LogP contribution in [0.2, 0.25) is 0 Å². The first-order valence-corrected chi connectivity index (χ1v) is 6.07. The Bertz CT molecular complexity index is 392. The standard InChI is InChI=1S/C13H18F2N2O/c1-18-12-4-2-3-11(9-12)13(14,15)10-17-7-5-16-6-8-17/h2-4,9,16H,5-8,10H2,1H3. The zero-order valence-electron chi connectivity index (χ0n) is 10.5. The molecule has 0 saturated carbocycles. The van der Waals surface area contributed by atoms with Gasteiger partial charge in [-0.25, -0.2) is 0 Å². The molecule has 100 valence electrons. The molecule has 0 atom stereocenters. The van der Waals surface area contributed by atoms with Crippen LogP contribution < -0.4 is 10.1 Å². The van der Waals surface area contributed by atoms with Crippen LogP contribution in [0.15, 0.2) is 24.3 Å². The molecule has 0 amide bonds. The first-order chi connectivity index (χ1) is 8.62. The Balaban J connectivity index is 2.08. The van der Waals surface area contributed by atoms with E-state index in [1.54, 1.807) is 17.0 Å². The summed E-state index contributed by atoms with van der Waals surface area (Å²) < 4.78 is 33.3. The van der Waals surface area contributed by atoms with Crippen LogP contribution in [-0.2, 0) is 5.92 Å². The van der Waals surface area contributed by atoms with Gasteiger partial charge in [0.05, 0.1) is 13.7 Å². The van der Waals surface area contributed by atoms with Gasteiger partial charge in [0, 0.05) is 31.7 Å². The molecule has 1 heterocycles. The van der Waals surface area contributed by atoms with Gasteiger partial charge >= 0.3 is 0 Å². The van der Waals surface area contributed by atoms with Gasteiger partial charge in [0.1, 0.15) is 5.75 Å². The van der Waals surface area contributed by atoms with Crippen molar-refractivity contribution in [2.45, 2.75) is 5.92 Å². The van der Waals surface area contributed by atoms with Crippen LogP contribution in [0.25, 0.3) is 0 Å². The van der Waals surface area contributed by atoms with Gasteiger partial charge in [-0.3, -0.25) is 4.90 Å². The van der Waals surface area contributed by atoms with E-state index in [1.165, 1.54) is 19.2 Å². The number of methoxy groups -OCH3 is 1. The predicted octanol–water partition coefficient (Wildman–Crippen LogP) is 1.69. The zero-order chi connectivity index (χ0) is 13.0. The summed E-state index contributed by atoms with van der Waals surface area (Å²) in [6.45, 7) is 2.64. The molecule has 1 aliphatic heterocycles. The van der Waals surface area contributed by atoms with Crippen molar-refractivity contribution in [1.82, 2.24) is 10.2 Å². The highest BCUT2D eigenvalue weighted by Crippen LogP contribution is 2.31. The zero-order valence-corrected chi connectivity index (χ0v) is 10.5. The summed E-state index contributed by atoms with van der Waals surface area (Å²) in [5, 5.41) is 3.15. The number of nitrogens with one attached hydrogen (secondary N) is 1. The average molecular weight is 256 g/mol. The minimum absolute atomic E-state index is 0.0142. The van der Waals surface area contributed by atoms with E-state index in [4.69, 9.17) is 4.74 Å². The quantitative estimate of drug-likeness (QED) is 0.887. The van der Waals surface area contributed by atoms with Crippen molar-refractivity contribution < 1.29 is 13.5 Å². The Labute approximate surface area is 106 Å². The molecule has 0 aliphatic carbocycles. The van der Waals surface area contributed by atoms with Crippen LogP contribution >= 0.6 is 0 Å². The number of halogens is 2. The maximum atomic E-state index is 14.1. The van der Waals surface area contributed by atoms with Gasteiger partial charge in [0.2, 0.25) is 0 Å². The third-order valence-electron chi connectivity index (χ3n) is 3.12. The highest BCUT2D eigenvalue weighted by Gasteiger charge is 2.34. The molecule has 0 spiro atoms. The lowest BCUT2D eigenvalue weighted by Crippen LogP contribution is -2.47. The summed E-state index contributed by atoms with van der Waals surface area (Å²) in [7, 11) is 1.48. The summed E-state index contributed by atoms with van der Waals surface area (Å²) in [6, 6.07) is 6.12. The van der Waals surface area contributed by atoms with E-state index in [1.807, 2.05) is 0 Å². The summed E-state index contributed by atoms with van der Waals surface area (Å²) in [5.41, 5.74) is 0.0142. The Morgan fingerprint density at radius 2 is 2.06 bits per heavy atom. The minimum Gasteiger partial charge on any atom is -0.497 e. The molecule has 1 N–H and O–H groups in total. The molecule has 1 aliphatic rings. The highest BCUT2D eigenvalue weighted by molar-refractivity contribution is 5.31. The molecule has 18 heavy (non-hydrogen) atoms. The van der Waals surface area contributed by atoms with E-state index in [-0.39, 0.29) is 12.1 Å². The molecule has 1 saturated heterocycles. The largest absolute Gasteiger partial charge is 0.497 e. The second-order valence-electron chi connectivity index (χ2n) is 4.46. The Morgan fingerprint density at radius 1 is 1.33 bits per heavy atom. The van der Waals surface area contributed by atoms with Gasteiger partial charge in [0.15, 0.2) is 0 Å². The number of alkyl halides is 2. The topological polar surface area (TPSA) is 24.5 Å². The first-order valence-electron chi connectivity index (χ1n) is 6.07. The normalized spacial score (nSPS) is 17.7. The van der Waals surface area contributed by atoms with Gasteiger partial charge in [-0.15, -0.1) is 0 Å². The van der Waals surface area contributed by atoms with E-state index in [2.05, 4.69) is 5.32 Å². The molecule has 2 rings (SSSR count). The first kappa shape index (κ1) is 13.2. The number of piperazine rings is 1. The van der Waals surface area contributed by atoms with Crippen molar-refractivity contribution in [3.63, 3.8) is 0 Å². The molecule has 1 fully saturated rings. The molecular weight excluding hydrogens is 238 g/mol. The van der Waals surface area contributed by atoms with Crippen molar-refractivity contribution in [1.29, 1.82) is 0 Å². The fraction of sp³-hybridized carbons (Fsp3) is 0.538. The van der Waals surface area contributed by atoms with E-state index in [9.17, 15) is 8.78 Å². The number of ether oxygens (including phenoxy) is 1. The minimum atomic E-state index is -2.84. The van der Waals surface area contributed by atoms with Gasteiger partial charge in [-0.1, -0.05) is 12.1 Å².